The Balaban J connectivity index is 2.56. The van der Waals surface area contributed by atoms with Crippen LogP contribution in [0.15, 0.2) is 30.3 Å². The number of benzene rings is 1. The molecule has 0 saturated carbocycles. The Hall–Kier alpha value is -2.02. The summed E-state index contributed by atoms with van der Waals surface area (Å²) in [4.78, 5) is 16.5. The highest BCUT2D eigenvalue weighted by atomic mass is 19.4. The van der Waals surface area contributed by atoms with Crippen molar-refractivity contribution in [2.75, 3.05) is 20.8 Å². The molecule has 128 valence electrons. The lowest BCUT2D eigenvalue weighted by Gasteiger charge is -2.12. The van der Waals surface area contributed by atoms with Gasteiger partial charge < -0.3 is 4.74 Å². The summed E-state index contributed by atoms with van der Waals surface area (Å²) in [6.45, 7) is 1.78. The zero-order valence-corrected chi connectivity index (χ0v) is 13.3. The van der Waals surface area contributed by atoms with Crippen LogP contribution >= 0.6 is 0 Å². The van der Waals surface area contributed by atoms with Crippen LogP contribution < -0.4 is 4.74 Å². The molecule has 1 amide bonds. The van der Waals surface area contributed by atoms with Crippen molar-refractivity contribution in [1.82, 2.24) is 5.06 Å². The van der Waals surface area contributed by atoms with Crippen LogP contribution in [0.2, 0.25) is 0 Å². The number of hydrogen-bond acceptors (Lipinski definition) is 3. The zero-order chi connectivity index (χ0) is 17.5. The molecule has 0 atom stereocenters. The highest BCUT2D eigenvalue weighted by Crippen LogP contribution is 2.22. The molecule has 0 heterocycles. The molecule has 0 fully saturated rings. The molecule has 1 aromatic carbocycles. The van der Waals surface area contributed by atoms with Crippen molar-refractivity contribution in [3.05, 3.63) is 35.9 Å². The Kier molecular flexibility index (Phi) is 7.09. The third-order valence-electron chi connectivity index (χ3n) is 3.11. The first-order chi connectivity index (χ1) is 10.7. The van der Waals surface area contributed by atoms with Crippen LogP contribution in [-0.4, -0.2) is 37.9 Å². The Morgan fingerprint density at radius 1 is 1.26 bits per heavy atom. The first-order valence-corrected chi connectivity index (χ1v) is 7.03. The molecule has 0 unspecified atom stereocenters. The average molecular weight is 331 g/mol. The number of carbonyl (C=O) groups is 1. The van der Waals surface area contributed by atoms with Gasteiger partial charge in [0.05, 0.1) is 13.7 Å². The van der Waals surface area contributed by atoms with Gasteiger partial charge in [0, 0.05) is 19.5 Å². The molecular formula is C16H20F3NO3. The van der Waals surface area contributed by atoms with Crippen LogP contribution in [0.3, 0.4) is 0 Å². The second-order valence-electron chi connectivity index (χ2n) is 4.94. The normalized spacial score (nSPS) is 12.2. The number of ether oxygens (including phenoxy) is 1. The van der Waals surface area contributed by atoms with Gasteiger partial charge >= 0.3 is 6.18 Å². The van der Waals surface area contributed by atoms with Crippen molar-refractivity contribution in [3.63, 3.8) is 0 Å². The van der Waals surface area contributed by atoms with E-state index in [4.69, 9.17) is 9.57 Å². The molecule has 0 bridgehead atoms. The van der Waals surface area contributed by atoms with E-state index < -0.39 is 12.6 Å². The third kappa shape index (κ3) is 7.19. The van der Waals surface area contributed by atoms with Crippen LogP contribution in [0.1, 0.15) is 25.3 Å². The minimum Gasteiger partial charge on any atom is -0.494 e. The van der Waals surface area contributed by atoms with E-state index in [1.165, 1.54) is 20.2 Å². The van der Waals surface area contributed by atoms with E-state index in [1.54, 1.807) is 31.2 Å². The molecule has 0 aliphatic heterocycles. The smallest absolute Gasteiger partial charge is 0.389 e. The van der Waals surface area contributed by atoms with Crippen LogP contribution in [0, 0.1) is 0 Å². The van der Waals surface area contributed by atoms with Gasteiger partial charge in [0.25, 0.3) is 5.91 Å². The summed E-state index contributed by atoms with van der Waals surface area (Å²) >= 11 is 0. The molecule has 0 N–H and O–H groups in total. The van der Waals surface area contributed by atoms with Gasteiger partial charge in [-0.1, -0.05) is 12.1 Å². The summed E-state index contributed by atoms with van der Waals surface area (Å²) in [5.41, 5.74) is 1.55. The minimum absolute atomic E-state index is 0.00476. The minimum atomic E-state index is -4.16. The Morgan fingerprint density at radius 3 is 2.39 bits per heavy atom. The van der Waals surface area contributed by atoms with Crippen LogP contribution in [-0.2, 0) is 9.63 Å². The highest BCUT2D eigenvalue weighted by Gasteiger charge is 2.26. The quantitative estimate of drug-likeness (QED) is 0.433. The zero-order valence-electron chi connectivity index (χ0n) is 13.3. The van der Waals surface area contributed by atoms with Crippen LogP contribution in [0.5, 0.6) is 5.75 Å². The van der Waals surface area contributed by atoms with Gasteiger partial charge in [-0.3, -0.25) is 9.63 Å². The number of halogens is 3. The highest BCUT2D eigenvalue weighted by molar-refractivity contribution is 5.94. The standard InChI is InChI=1S/C16H20F3NO3/c1-12(11-15(21)20(2)22-3)13-5-7-14(8-6-13)23-10-4-9-16(17,18)19/h5-8,11H,4,9-10H2,1-3H3/b12-11+. The Bertz CT molecular complexity index is 538. The second kappa shape index (κ2) is 8.57. The van der Waals surface area contributed by atoms with E-state index in [0.717, 1.165) is 16.2 Å². The summed E-state index contributed by atoms with van der Waals surface area (Å²) in [6.07, 6.45) is -3.66. The fourth-order valence-corrected chi connectivity index (χ4v) is 1.73. The predicted molar refractivity (Wildman–Crippen MR) is 80.7 cm³/mol. The lowest BCUT2D eigenvalue weighted by atomic mass is 10.1. The molecule has 7 heteroatoms. The molecular weight excluding hydrogens is 311 g/mol. The molecule has 0 radical (unpaired) electrons. The fraction of sp³-hybridized carbons (Fsp3) is 0.438. The van der Waals surface area contributed by atoms with Gasteiger partial charge in [-0.05, 0) is 36.6 Å². The second-order valence-corrected chi connectivity index (χ2v) is 4.94. The maximum absolute atomic E-state index is 12.0. The van der Waals surface area contributed by atoms with Crippen LogP contribution in [0.4, 0.5) is 13.2 Å². The lowest BCUT2D eigenvalue weighted by molar-refractivity contribution is -0.162. The molecule has 0 saturated heterocycles. The van der Waals surface area contributed by atoms with E-state index in [-0.39, 0.29) is 18.9 Å². The van der Waals surface area contributed by atoms with Crippen molar-refractivity contribution in [2.24, 2.45) is 0 Å². The molecule has 1 aromatic rings. The van der Waals surface area contributed by atoms with Crippen LogP contribution in [0.25, 0.3) is 5.57 Å². The van der Waals surface area contributed by atoms with Crippen molar-refractivity contribution < 1.29 is 27.5 Å². The van der Waals surface area contributed by atoms with Gasteiger partial charge in [0.15, 0.2) is 0 Å². The Labute approximate surface area is 133 Å². The van der Waals surface area contributed by atoms with E-state index >= 15 is 0 Å². The predicted octanol–water partition coefficient (Wildman–Crippen LogP) is 3.83. The fourth-order valence-electron chi connectivity index (χ4n) is 1.73. The summed E-state index contributed by atoms with van der Waals surface area (Å²) in [5.74, 6) is 0.196. The van der Waals surface area contributed by atoms with E-state index in [0.29, 0.717) is 5.75 Å². The average Bonchev–Trinajstić information content (AvgIpc) is 2.50. The molecule has 1 rings (SSSR count). The molecule has 4 nitrogen and oxygen atoms in total. The number of likely N-dealkylation sites (N-methyl/N-ethyl adjacent to an activating group) is 1. The summed E-state index contributed by atoms with van der Waals surface area (Å²) < 4.78 is 41.3. The van der Waals surface area contributed by atoms with Gasteiger partial charge in [0.2, 0.25) is 0 Å². The number of carbonyl (C=O) groups excluding carboxylic acids is 1. The molecule has 0 spiro atoms. The first-order valence-electron chi connectivity index (χ1n) is 7.03. The molecule has 0 aliphatic rings. The molecule has 0 aromatic heterocycles. The van der Waals surface area contributed by atoms with E-state index in [9.17, 15) is 18.0 Å². The molecule has 23 heavy (non-hydrogen) atoms. The van der Waals surface area contributed by atoms with Gasteiger partial charge in [-0.15, -0.1) is 0 Å². The van der Waals surface area contributed by atoms with Gasteiger partial charge in [-0.25, -0.2) is 5.06 Å². The topological polar surface area (TPSA) is 38.8 Å². The molecule has 0 aliphatic carbocycles. The van der Waals surface area contributed by atoms with Crippen molar-refractivity contribution in [2.45, 2.75) is 25.9 Å². The monoisotopic (exact) mass is 331 g/mol. The number of hydrogen-bond donors (Lipinski definition) is 0. The number of hydroxylamine groups is 2. The maximum Gasteiger partial charge on any atom is 0.389 e. The first kappa shape index (κ1) is 19.0. The SMILES string of the molecule is CON(C)C(=O)/C=C(\C)c1ccc(OCCCC(F)(F)F)cc1. The van der Waals surface area contributed by atoms with Gasteiger partial charge in [-0.2, -0.15) is 13.2 Å². The number of nitrogens with zero attached hydrogens (tertiary/aromatic N) is 1. The van der Waals surface area contributed by atoms with Crippen molar-refractivity contribution in [1.29, 1.82) is 0 Å². The number of amides is 1. The summed E-state index contributed by atoms with van der Waals surface area (Å²) in [5, 5.41) is 1.10. The lowest BCUT2D eigenvalue weighted by Crippen LogP contribution is -2.23. The summed E-state index contributed by atoms with van der Waals surface area (Å²) in [7, 11) is 2.90. The number of alkyl halides is 3. The van der Waals surface area contributed by atoms with Crippen molar-refractivity contribution >= 4 is 11.5 Å². The largest absolute Gasteiger partial charge is 0.494 e. The van der Waals surface area contributed by atoms with Crippen molar-refractivity contribution in [3.8, 4) is 5.75 Å². The van der Waals surface area contributed by atoms with E-state index in [1.807, 2.05) is 0 Å². The number of rotatable bonds is 7. The van der Waals surface area contributed by atoms with Gasteiger partial charge in [0.1, 0.15) is 5.75 Å². The van der Waals surface area contributed by atoms with E-state index in [2.05, 4.69) is 0 Å². The maximum atomic E-state index is 12.0. The third-order valence-corrected chi connectivity index (χ3v) is 3.11. The summed E-state index contributed by atoms with van der Waals surface area (Å²) in [6, 6.07) is 6.80. The Morgan fingerprint density at radius 2 is 1.87 bits per heavy atom. The number of allylic oxidation sites excluding steroid dienone is 1.